The minimum atomic E-state index is 0. The minimum Gasteiger partial charge on any atom is -0.503 e. The average Bonchev–Trinajstić information content (AvgIpc) is 2.42. The second-order valence-electron chi connectivity index (χ2n) is 6.61. The Morgan fingerprint density at radius 3 is 2.26 bits per heavy atom. The van der Waals surface area contributed by atoms with Gasteiger partial charge >= 0.3 is 0 Å². The van der Waals surface area contributed by atoms with E-state index in [2.05, 4.69) is 46.9 Å². The molecule has 0 amide bonds. The van der Waals surface area contributed by atoms with E-state index in [1.165, 1.54) is 5.56 Å². The van der Waals surface area contributed by atoms with E-state index in [-0.39, 0.29) is 42.0 Å². The predicted octanol–water partition coefficient (Wildman–Crippen LogP) is 4.00. The van der Waals surface area contributed by atoms with Gasteiger partial charge in [-0.25, -0.2) is 0 Å². The lowest BCUT2D eigenvalue weighted by atomic mass is 9.81. The summed E-state index contributed by atoms with van der Waals surface area (Å²) in [6.45, 7) is 10.9. The highest BCUT2D eigenvalue weighted by Crippen LogP contribution is 2.43. The van der Waals surface area contributed by atoms with Gasteiger partial charge < -0.3 is 15.2 Å². The molecule has 1 fully saturated rings. The van der Waals surface area contributed by atoms with Crippen LogP contribution in [0.1, 0.15) is 32.4 Å². The Labute approximate surface area is 159 Å². The summed E-state index contributed by atoms with van der Waals surface area (Å²) >= 11 is 3.44. The monoisotopic (exact) mass is 428 g/mol. The van der Waals surface area contributed by atoms with E-state index in [0.29, 0.717) is 10.2 Å². The smallest absolute Gasteiger partial charge is 0.172 e. The summed E-state index contributed by atoms with van der Waals surface area (Å²) in [6, 6.07) is 4.25. The van der Waals surface area contributed by atoms with Crippen molar-refractivity contribution in [1.82, 2.24) is 10.2 Å². The highest BCUT2D eigenvalue weighted by atomic mass is 79.9. The van der Waals surface area contributed by atoms with Crippen molar-refractivity contribution in [3.8, 4) is 11.5 Å². The molecule has 0 radical (unpaired) electrons. The van der Waals surface area contributed by atoms with Crippen LogP contribution in [-0.4, -0.2) is 43.3 Å². The molecule has 134 valence electrons. The molecular weight excluding hydrogens is 403 g/mol. The molecule has 0 bridgehead atoms. The number of nitrogens with one attached hydrogen (secondary N) is 1. The van der Waals surface area contributed by atoms with Crippen LogP contribution >= 0.6 is 40.7 Å². The molecule has 2 rings (SSSR count). The molecule has 1 heterocycles. The molecule has 7 heteroatoms. The van der Waals surface area contributed by atoms with Crippen molar-refractivity contribution in [3.05, 3.63) is 22.2 Å². The predicted molar refractivity (Wildman–Crippen MR) is 103 cm³/mol. The molecular formula is C16H27BrCl2N2O2. The van der Waals surface area contributed by atoms with Crippen molar-refractivity contribution in [3.63, 3.8) is 0 Å². The second kappa shape index (κ2) is 9.33. The maximum absolute atomic E-state index is 10.0. The van der Waals surface area contributed by atoms with Crippen molar-refractivity contribution in [2.24, 2.45) is 5.41 Å². The summed E-state index contributed by atoms with van der Waals surface area (Å²) in [6.07, 6.45) is 0. The van der Waals surface area contributed by atoms with E-state index in [9.17, 15) is 5.11 Å². The number of phenolic OH excluding ortho intramolecular Hbond substituents is 1. The highest BCUT2D eigenvalue weighted by Gasteiger charge is 2.33. The van der Waals surface area contributed by atoms with Gasteiger partial charge in [-0.1, -0.05) is 20.8 Å². The van der Waals surface area contributed by atoms with Gasteiger partial charge in [0.05, 0.1) is 11.6 Å². The lowest BCUT2D eigenvalue weighted by molar-refractivity contribution is 0.0859. The van der Waals surface area contributed by atoms with Gasteiger partial charge in [0.15, 0.2) is 11.5 Å². The first-order valence-corrected chi connectivity index (χ1v) is 8.15. The van der Waals surface area contributed by atoms with Crippen LogP contribution < -0.4 is 10.1 Å². The average molecular weight is 430 g/mol. The van der Waals surface area contributed by atoms with Crippen LogP contribution in [0, 0.1) is 5.41 Å². The maximum Gasteiger partial charge on any atom is 0.172 e. The van der Waals surface area contributed by atoms with Crippen molar-refractivity contribution >= 4 is 40.7 Å². The van der Waals surface area contributed by atoms with Crippen molar-refractivity contribution in [1.29, 1.82) is 0 Å². The minimum absolute atomic E-state index is 0. The van der Waals surface area contributed by atoms with Gasteiger partial charge in [0.2, 0.25) is 0 Å². The fraction of sp³-hybridized carbons (Fsp3) is 0.625. The normalized spacial score (nSPS) is 16.9. The van der Waals surface area contributed by atoms with Gasteiger partial charge in [-0.2, -0.15) is 0 Å². The van der Waals surface area contributed by atoms with E-state index in [0.717, 1.165) is 26.2 Å². The van der Waals surface area contributed by atoms with Crippen LogP contribution in [0.25, 0.3) is 0 Å². The van der Waals surface area contributed by atoms with Gasteiger partial charge in [-0.05, 0) is 39.0 Å². The Kier molecular flexibility index (Phi) is 9.25. The number of phenols is 1. The lowest BCUT2D eigenvalue weighted by Gasteiger charge is -2.42. The van der Waals surface area contributed by atoms with Gasteiger partial charge in [0, 0.05) is 32.2 Å². The van der Waals surface area contributed by atoms with Crippen LogP contribution in [0.3, 0.4) is 0 Å². The van der Waals surface area contributed by atoms with Crippen molar-refractivity contribution < 1.29 is 9.84 Å². The van der Waals surface area contributed by atoms with E-state index in [4.69, 9.17) is 4.74 Å². The van der Waals surface area contributed by atoms with Crippen LogP contribution in [-0.2, 0) is 0 Å². The topological polar surface area (TPSA) is 44.7 Å². The number of rotatable bonds is 3. The number of benzene rings is 1. The number of hydrogen-bond donors (Lipinski definition) is 2. The van der Waals surface area contributed by atoms with Crippen LogP contribution in [0.5, 0.6) is 11.5 Å². The molecule has 0 unspecified atom stereocenters. The van der Waals surface area contributed by atoms with E-state index in [1.807, 2.05) is 12.1 Å². The molecule has 0 spiro atoms. The lowest BCUT2D eigenvalue weighted by Crippen LogP contribution is -2.48. The number of methoxy groups -OCH3 is 1. The van der Waals surface area contributed by atoms with Gasteiger partial charge in [0.25, 0.3) is 0 Å². The van der Waals surface area contributed by atoms with Crippen molar-refractivity contribution in [2.75, 3.05) is 33.3 Å². The maximum atomic E-state index is 10.0. The molecule has 1 aliphatic heterocycles. The van der Waals surface area contributed by atoms with Gasteiger partial charge in [0.1, 0.15) is 0 Å². The molecule has 1 aromatic carbocycles. The quantitative estimate of drug-likeness (QED) is 0.762. The Hall–Kier alpha value is -0.200. The third-order valence-corrected chi connectivity index (χ3v) is 4.53. The number of ether oxygens (including phenoxy) is 1. The van der Waals surface area contributed by atoms with E-state index >= 15 is 0 Å². The third kappa shape index (κ3) is 5.40. The molecule has 0 aliphatic carbocycles. The number of halogens is 3. The van der Waals surface area contributed by atoms with E-state index in [1.54, 1.807) is 7.11 Å². The summed E-state index contributed by atoms with van der Waals surface area (Å²) < 4.78 is 5.99. The van der Waals surface area contributed by atoms with Crippen LogP contribution in [0.15, 0.2) is 16.6 Å². The molecule has 1 saturated heterocycles. The molecule has 23 heavy (non-hydrogen) atoms. The summed E-state index contributed by atoms with van der Waals surface area (Å²) in [5.74, 6) is 0.679. The number of nitrogens with zero attached hydrogens (tertiary/aromatic N) is 1. The summed E-state index contributed by atoms with van der Waals surface area (Å²) in [7, 11) is 1.59. The zero-order valence-electron chi connectivity index (χ0n) is 14.1. The van der Waals surface area contributed by atoms with E-state index < -0.39 is 0 Å². The number of hydrogen-bond acceptors (Lipinski definition) is 4. The van der Waals surface area contributed by atoms with Crippen LogP contribution in [0.2, 0.25) is 0 Å². The molecule has 0 aromatic heterocycles. The zero-order valence-corrected chi connectivity index (χ0v) is 17.3. The first kappa shape index (κ1) is 22.8. The molecule has 1 atom stereocenters. The largest absolute Gasteiger partial charge is 0.503 e. The first-order valence-electron chi connectivity index (χ1n) is 7.35. The fourth-order valence-electron chi connectivity index (χ4n) is 3.11. The molecule has 0 saturated carbocycles. The first-order chi connectivity index (χ1) is 9.84. The fourth-order valence-corrected chi connectivity index (χ4v) is 3.57. The number of piperazine rings is 1. The van der Waals surface area contributed by atoms with Gasteiger partial charge in [-0.15, -0.1) is 24.8 Å². The summed E-state index contributed by atoms with van der Waals surface area (Å²) in [5, 5.41) is 13.4. The second-order valence-corrected chi connectivity index (χ2v) is 7.46. The standard InChI is InChI=1S/C16H25BrN2O2.2ClH/c1-16(2,3)15(19-7-5-18-6-8-19)11-9-12(17)14(20)13(10-11)21-4;;/h9-10,15,18,20H,5-8H2,1-4H3;2*1H/t15-;;/m1../s1. The molecule has 2 N–H and O–H groups in total. The summed E-state index contributed by atoms with van der Waals surface area (Å²) in [4.78, 5) is 2.51. The Morgan fingerprint density at radius 2 is 1.78 bits per heavy atom. The SMILES string of the molecule is COc1cc([C@@H](N2CCNCC2)C(C)(C)C)cc(Br)c1O.Cl.Cl. The van der Waals surface area contributed by atoms with Crippen LogP contribution in [0.4, 0.5) is 0 Å². The Balaban J connectivity index is 0.00000242. The van der Waals surface area contributed by atoms with Gasteiger partial charge in [-0.3, -0.25) is 4.90 Å². The Bertz CT molecular complexity index is 504. The summed E-state index contributed by atoms with van der Waals surface area (Å²) in [5.41, 5.74) is 1.27. The number of aromatic hydroxyl groups is 1. The van der Waals surface area contributed by atoms with Crippen molar-refractivity contribution in [2.45, 2.75) is 26.8 Å². The highest BCUT2D eigenvalue weighted by molar-refractivity contribution is 9.10. The molecule has 1 aromatic rings. The Morgan fingerprint density at radius 1 is 1.22 bits per heavy atom. The molecule has 4 nitrogen and oxygen atoms in total. The zero-order chi connectivity index (χ0) is 15.6. The molecule has 1 aliphatic rings. The third-order valence-electron chi connectivity index (χ3n) is 3.92.